The number of carbonyl (C=O) groups is 2. The molecule has 160 valence electrons. The van der Waals surface area contributed by atoms with Gasteiger partial charge in [-0.2, -0.15) is 0 Å². The van der Waals surface area contributed by atoms with Crippen molar-refractivity contribution in [1.82, 2.24) is 4.98 Å². The maximum atomic E-state index is 13.6. The molecule has 1 unspecified atom stereocenters. The first-order valence-electron chi connectivity index (χ1n) is 9.91. The second-order valence-corrected chi connectivity index (χ2v) is 9.66. The van der Waals surface area contributed by atoms with Gasteiger partial charge in [0.25, 0.3) is 5.91 Å². The minimum atomic E-state index is -0.705. The molecule has 0 saturated heterocycles. The van der Waals surface area contributed by atoms with Gasteiger partial charge >= 0.3 is 0 Å². The van der Waals surface area contributed by atoms with Crippen molar-refractivity contribution >= 4 is 55.1 Å². The Morgan fingerprint density at radius 3 is 2.50 bits per heavy atom. The van der Waals surface area contributed by atoms with Gasteiger partial charge in [0.2, 0.25) is 5.76 Å². The lowest BCUT2D eigenvalue weighted by Gasteiger charge is -2.22. The predicted molar refractivity (Wildman–Crippen MR) is 127 cm³/mol. The molecule has 0 fully saturated rings. The minimum Gasteiger partial charge on any atom is -0.450 e. The van der Waals surface area contributed by atoms with Gasteiger partial charge in [-0.25, -0.2) is 4.98 Å². The van der Waals surface area contributed by atoms with Crippen LogP contribution in [0.15, 0.2) is 56.1 Å². The van der Waals surface area contributed by atoms with E-state index in [1.54, 1.807) is 25.1 Å². The number of halogens is 1. The zero-order valence-corrected chi connectivity index (χ0v) is 19.8. The van der Waals surface area contributed by atoms with Crippen molar-refractivity contribution in [2.45, 2.75) is 26.8 Å². The van der Waals surface area contributed by atoms with E-state index < -0.39 is 11.9 Å². The molecule has 1 amide bonds. The first-order chi connectivity index (χ1) is 15.3. The lowest BCUT2D eigenvalue weighted by molar-refractivity contribution is 0.0969. The summed E-state index contributed by atoms with van der Waals surface area (Å²) in [5.41, 5.74) is 2.74. The highest BCUT2D eigenvalue weighted by Crippen LogP contribution is 2.43. The van der Waals surface area contributed by atoms with Gasteiger partial charge in [-0.3, -0.25) is 19.3 Å². The van der Waals surface area contributed by atoms with E-state index in [9.17, 15) is 14.4 Å². The van der Waals surface area contributed by atoms with Crippen LogP contribution in [0.4, 0.5) is 5.13 Å². The van der Waals surface area contributed by atoms with Crippen LogP contribution in [0.5, 0.6) is 0 Å². The summed E-state index contributed by atoms with van der Waals surface area (Å²) >= 11 is 4.55. The number of hydrogen-bond acceptors (Lipinski definition) is 6. The summed E-state index contributed by atoms with van der Waals surface area (Å²) in [6.45, 7) is 5.18. The number of fused-ring (bicyclic) bond motifs is 2. The largest absolute Gasteiger partial charge is 0.450 e. The number of aryl methyl sites for hydroxylation is 2. The van der Waals surface area contributed by atoms with Crippen LogP contribution in [0.25, 0.3) is 11.0 Å². The highest BCUT2D eigenvalue weighted by molar-refractivity contribution is 9.10. The van der Waals surface area contributed by atoms with Gasteiger partial charge in [-0.1, -0.05) is 57.1 Å². The van der Waals surface area contributed by atoms with Crippen LogP contribution in [0.1, 0.15) is 55.6 Å². The van der Waals surface area contributed by atoms with Crippen LogP contribution in [0.3, 0.4) is 0 Å². The lowest BCUT2D eigenvalue weighted by Crippen LogP contribution is -2.29. The Hall–Kier alpha value is -3.10. The van der Waals surface area contributed by atoms with Crippen LogP contribution >= 0.6 is 27.3 Å². The molecule has 8 heteroatoms. The number of benzene rings is 2. The van der Waals surface area contributed by atoms with E-state index in [4.69, 9.17) is 4.42 Å². The molecule has 0 saturated carbocycles. The number of carbonyl (C=O) groups excluding carboxylic acids is 2. The third-order valence-corrected chi connectivity index (χ3v) is 7.29. The molecular formula is C24H17BrN2O4S. The molecule has 1 atom stereocenters. The Balaban J connectivity index is 1.81. The zero-order chi connectivity index (χ0) is 22.7. The van der Waals surface area contributed by atoms with E-state index in [-0.39, 0.29) is 22.5 Å². The number of aromatic nitrogens is 1. The fourth-order valence-electron chi connectivity index (χ4n) is 4.02. The highest BCUT2D eigenvalue weighted by Gasteiger charge is 2.45. The van der Waals surface area contributed by atoms with Crippen LogP contribution in [0, 0.1) is 13.8 Å². The SMILES string of the molecule is CC(=O)c1sc(N2C(=O)c3oc4ccc(Br)cc4c(=O)c3C2c2ccc(C)cc2)nc1C. The second kappa shape index (κ2) is 7.50. The van der Waals surface area contributed by atoms with Gasteiger partial charge in [0.15, 0.2) is 16.3 Å². The van der Waals surface area contributed by atoms with E-state index >= 15 is 0 Å². The van der Waals surface area contributed by atoms with E-state index in [1.165, 1.54) is 11.8 Å². The van der Waals surface area contributed by atoms with Crippen LogP contribution < -0.4 is 10.3 Å². The van der Waals surface area contributed by atoms with Crippen molar-refractivity contribution in [2.75, 3.05) is 4.90 Å². The predicted octanol–water partition coefficient (Wildman–Crippen LogP) is 5.58. The van der Waals surface area contributed by atoms with E-state index in [2.05, 4.69) is 20.9 Å². The molecule has 0 radical (unpaired) electrons. The molecule has 2 aromatic carbocycles. The third kappa shape index (κ3) is 3.13. The summed E-state index contributed by atoms with van der Waals surface area (Å²) in [6, 6.07) is 12.1. The van der Waals surface area contributed by atoms with Gasteiger partial charge in [0.1, 0.15) is 5.58 Å². The Labute approximate surface area is 195 Å². The number of ketones is 1. The molecule has 1 aliphatic rings. The maximum Gasteiger partial charge on any atom is 0.297 e. The van der Waals surface area contributed by atoms with E-state index in [0.29, 0.717) is 26.7 Å². The minimum absolute atomic E-state index is 0.00706. The number of anilines is 1. The number of amides is 1. The monoisotopic (exact) mass is 508 g/mol. The van der Waals surface area contributed by atoms with Crippen molar-refractivity contribution in [2.24, 2.45) is 0 Å². The van der Waals surface area contributed by atoms with Gasteiger partial charge in [-0.05, 0) is 37.6 Å². The molecule has 3 heterocycles. The quantitative estimate of drug-likeness (QED) is 0.337. The molecule has 6 nitrogen and oxygen atoms in total. The highest BCUT2D eigenvalue weighted by atomic mass is 79.9. The van der Waals surface area contributed by atoms with Crippen molar-refractivity contribution in [1.29, 1.82) is 0 Å². The Morgan fingerprint density at radius 2 is 1.84 bits per heavy atom. The Kier molecular flexibility index (Phi) is 4.87. The van der Waals surface area contributed by atoms with Crippen molar-refractivity contribution in [3.05, 3.63) is 90.2 Å². The molecule has 0 spiro atoms. The summed E-state index contributed by atoms with van der Waals surface area (Å²) in [5.74, 6) is -0.559. The van der Waals surface area contributed by atoms with E-state index in [1.807, 2.05) is 31.2 Å². The number of thiazole rings is 1. The Bertz CT molecular complexity index is 1490. The first kappa shape index (κ1) is 20.8. The topological polar surface area (TPSA) is 80.5 Å². The average molecular weight is 509 g/mol. The molecule has 2 aromatic heterocycles. The summed E-state index contributed by atoms with van der Waals surface area (Å²) < 4.78 is 6.70. The van der Waals surface area contributed by atoms with Gasteiger partial charge in [0, 0.05) is 11.4 Å². The fraction of sp³-hybridized carbons (Fsp3) is 0.167. The molecule has 0 N–H and O–H groups in total. The molecule has 5 rings (SSSR count). The van der Waals surface area contributed by atoms with Gasteiger partial charge in [0.05, 0.1) is 27.6 Å². The summed E-state index contributed by atoms with van der Waals surface area (Å²) in [7, 11) is 0. The summed E-state index contributed by atoms with van der Waals surface area (Å²) in [6.07, 6.45) is 0. The molecule has 32 heavy (non-hydrogen) atoms. The second-order valence-electron chi connectivity index (χ2n) is 7.77. The standard InChI is InChI=1S/C24H17BrN2O4S/c1-11-4-6-14(7-5-11)19-18-20(29)16-10-15(25)8-9-17(16)31-21(18)23(30)27(19)24-26-12(2)22(32-24)13(3)28/h4-10,19H,1-3H3. The summed E-state index contributed by atoms with van der Waals surface area (Å²) in [5, 5.41) is 0.754. The van der Waals surface area contributed by atoms with Gasteiger partial charge in [-0.15, -0.1) is 0 Å². The van der Waals surface area contributed by atoms with E-state index in [0.717, 1.165) is 26.9 Å². The smallest absolute Gasteiger partial charge is 0.297 e. The van der Waals surface area contributed by atoms with Crippen LogP contribution in [-0.4, -0.2) is 16.7 Å². The molecule has 4 aromatic rings. The summed E-state index contributed by atoms with van der Waals surface area (Å²) in [4.78, 5) is 45.6. The number of hydrogen-bond donors (Lipinski definition) is 0. The Morgan fingerprint density at radius 1 is 1.12 bits per heavy atom. The molecule has 1 aliphatic heterocycles. The fourth-order valence-corrected chi connectivity index (χ4v) is 5.37. The number of nitrogens with zero attached hydrogens (tertiary/aromatic N) is 2. The first-order valence-corrected chi connectivity index (χ1v) is 11.5. The lowest BCUT2D eigenvalue weighted by atomic mass is 9.98. The van der Waals surface area contributed by atoms with Crippen LogP contribution in [-0.2, 0) is 0 Å². The maximum absolute atomic E-state index is 13.6. The third-order valence-electron chi connectivity index (χ3n) is 5.54. The molecule has 0 bridgehead atoms. The number of Topliss-reactive ketones (excluding diaryl/α,β-unsaturated/α-hetero) is 1. The van der Waals surface area contributed by atoms with Crippen LogP contribution in [0.2, 0.25) is 0 Å². The van der Waals surface area contributed by atoms with Gasteiger partial charge < -0.3 is 4.42 Å². The zero-order valence-electron chi connectivity index (χ0n) is 17.4. The average Bonchev–Trinajstić information content (AvgIpc) is 3.27. The van der Waals surface area contributed by atoms with Crippen molar-refractivity contribution in [3.8, 4) is 0 Å². The van der Waals surface area contributed by atoms with Crippen molar-refractivity contribution in [3.63, 3.8) is 0 Å². The number of rotatable bonds is 3. The normalized spacial score (nSPS) is 15.4. The molecular weight excluding hydrogens is 492 g/mol. The van der Waals surface area contributed by atoms with Crippen molar-refractivity contribution < 1.29 is 14.0 Å². The molecule has 0 aliphatic carbocycles.